The van der Waals surface area contributed by atoms with Gasteiger partial charge in [0.25, 0.3) is 0 Å². The van der Waals surface area contributed by atoms with Crippen molar-refractivity contribution in [3.8, 4) is 5.75 Å². The zero-order chi connectivity index (χ0) is 16.7. The molecule has 0 spiro atoms. The molecule has 1 atom stereocenters. The summed E-state index contributed by atoms with van der Waals surface area (Å²) in [5.41, 5.74) is 1.27. The minimum atomic E-state index is -0.429. The Labute approximate surface area is 134 Å². The van der Waals surface area contributed by atoms with E-state index >= 15 is 0 Å². The first-order chi connectivity index (χ1) is 11.1. The van der Waals surface area contributed by atoms with Crippen molar-refractivity contribution < 1.29 is 18.7 Å². The number of rotatable bonds is 6. The van der Waals surface area contributed by atoms with Crippen LogP contribution in [0.25, 0.3) is 0 Å². The zero-order valence-corrected chi connectivity index (χ0v) is 13.0. The molecule has 23 heavy (non-hydrogen) atoms. The lowest BCUT2D eigenvalue weighted by atomic mass is 10.1. The predicted octanol–water partition coefficient (Wildman–Crippen LogP) is 3.34. The number of halogens is 1. The van der Waals surface area contributed by atoms with Gasteiger partial charge in [0.1, 0.15) is 11.6 Å². The van der Waals surface area contributed by atoms with Gasteiger partial charge in [-0.2, -0.15) is 0 Å². The van der Waals surface area contributed by atoms with E-state index in [1.165, 1.54) is 19.2 Å². The van der Waals surface area contributed by atoms with E-state index in [1.807, 2.05) is 0 Å². The molecule has 0 saturated heterocycles. The predicted molar refractivity (Wildman–Crippen MR) is 86.2 cm³/mol. The highest BCUT2D eigenvalue weighted by Gasteiger charge is 2.13. The summed E-state index contributed by atoms with van der Waals surface area (Å²) in [6, 6.07) is 12.7. The van der Waals surface area contributed by atoms with Crippen LogP contribution in [0.15, 0.2) is 48.5 Å². The van der Waals surface area contributed by atoms with Crippen LogP contribution in [0.4, 0.5) is 14.9 Å². The van der Waals surface area contributed by atoms with Crippen LogP contribution in [0.1, 0.15) is 11.7 Å². The molecule has 0 aromatic heterocycles. The number of hydrogen-bond donors (Lipinski definition) is 2. The largest absolute Gasteiger partial charge is 0.497 e. The Hall–Kier alpha value is -2.60. The Morgan fingerprint density at radius 2 is 1.96 bits per heavy atom. The molecule has 0 aliphatic carbocycles. The fourth-order valence-electron chi connectivity index (χ4n) is 2.11. The third kappa shape index (κ3) is 4.96. The molecule has 2 N–H and O–H groups in total. The van der Waals surface area contributed by atoms with Crippen molar-refractivity contribution in [2.75, 3.05) is 26.1 Å². The van der Waals surface area contributed by atoms with E-state index in [1.54, 1.807) is 43.5 Å². The minimum absolute atomic E-state index is 0.218. The highest BCUT2D eigenvalue weighted by molar-refractivity contribution is 5.89. The second-order valence-electron chi connectivity index (χ2n) is 4.85. The van der Waals surface area contributed by atoms with Gasteiger partial charge in [-0.1, -0.05) is 18.2 Å². The second-order valence-corrected chi connectivity index (χ2v) is 4.85. The smallest absolute Gasteiger partial charge is 0.319 e. The molecule has 0 fully saturated rings. The van der Waals surface area contributed by atoms with Crippen molar-refractivity contribution in [2.24, 2.45) is 0 Å². The minimum Gasteiger partial charge on any atom is -0.497 e. The van der Waals surface area contributed by atoms with Crippen LogP contribution in [-0.4, -0.2) is 26.8 Å². The molecule has 0 saturated carbocycles. The van der Waals surface area contributed by atoms with Crippen LogP contribution in [-0.2, 0) is 4.74 Å². The van der Waals surface area contributed by atoms with Gasteiger partial charge in [-0.25, -0.2) is 9.18 Å². The lowest BCUT2D eigenvalue weighted by Gasteiger charge is -2.17. The van der Waals surface area contributed by atoms with Crippen molar-refractivity contribution >= 4 is 11.7 Å². The summed E-state index contributed by atoms with van der Waals surface area (Å²) in [5, 5.41) is 5.40. The summed E-state index contributed by atoms with van der Waals surface area (Å²) >= 11 is 0. The molecular formula is C17H19FN2O3. The highest BCUT2D eigenvalue weighted by atomic mass is 19.1. The molecule has 0 aliphatic heterocycles. The van der Waals surface area contributed by atoms with Crippen LogP contribution in [0.2, 0.25) is 0 Å². The molecule has 0 bridgehead atoms. The van der Waals surface area contributed by atoms with Gasteiger partial charge in [0.2, 0.25) is 0 Å². The summed E-state index contributed by atoms with van der Waals surface area (Å²) in [5.74, 6) is 0.308. The van der Waals surface area contributed by atoms with E-state index in [2.05, 4.69) is 10.6 Å². The second kappa shape index (κ2) is 8.14. The molecule has 2 amide bonds. The molecule has 0 heterocycles. The molecule has 0 radical (unpaired) electrons. The van der Waals surface area contributed by atoms with E-state index in [4.69, 9.17) is 9.47 Å². The molecule has 2 aromatic rings. The monoisotopic (exact) mass is 318 g/mol. The number of benzene rings is 2. The first kappa shape index (κ1) is 16.8. The Bertz CT molecular complexity index is 664. The lowest BCUT2D eigenvalue weighted by molar-refractivity contribution is 0.104. The number of ether oxygens (including phenoxy) is 2. The highest BCUT2D eigenvalue weighted by Crippen LogP contribution is 2.18. The number of anilines is 1. The maximum atomic E-state index is 13.3. The molecule has 6 heteroatoms. The average Bonchev–Trinajstić information content (AvgIpc) is 2.55. The molecule has 122 valence electrons. The molecule has 1 unspecified atom stereocenters. The quantitative estimate of drug-likeness (QED) is 0.859. The van der Waals surface area contributed by atoms with Crippen molar-refractivity contribution in [3.63, 3.8) is 0 Å². The van der Waals surface area contributed by atoms with Gasteiger partial charge in [-0.05, 0) is 29.8 Å². The third-order valence-corrected chi connectivity index (χ3v) is 3.28. The van der Waals surface area contributed by atoms with Crippen molar-refractivity contribution in [1.29, 1.82) is 0 Å². The number of nitrogens with one attached hydrogen (secondary N) is 2. The molecule has 2 aromatic carbocycles. The van der Waals surface area contributed by atoms with E-state index in [0.29, 0.717) is 17.0 Å². The standard InChI is InChI=1S/C17H19FN2O3/c1-22-15-8-4-7-14(10-15)20-17(21)19-11-16(23-2)12-5-3-6-13(18)9-12/h3-10,16H,11H2,1-2H3,(H2,19,20,21). The Kier molecular flexibility index (Phi) is 5.94. The maximum absolute atomic E-state index is 13.3. The summed E-state index contributed by atoms with van der Waals surface area (Å²) < 4.78 is 23.6. The van der Waals surface area contributed by atoms with Gasteiger partial charge in [-0.3, -0.25) is 0 Å². The van der Waals surface area contributed by atoms with Crippen molar-refractivity contribution in [3.05, 3.63) is 59.9 Å². The van der Waals surface area contributed by atoms with Crippen LogP contribution in [0.3, 0.4) is 0 Å². The summed E-state index contributed by atoms with van der Waals surface area (Å²) in [6.45, 7) is 0.218. The van der Waals surface area contributed by atoms with Gasteiger partial charge in [-0.15, -0.1) is 0 Å². The van der Waals surface area contributed by atoms with Gasteiger partial charge in [0, 0.05) is 25.4 Å². The van der Waals surface area contributed by atoms with E-state index < -0.39 is 6.10 Å². The number of carbonyl (C=O) groups excluding carboxylic acids is 1. The fraction of sp³-hybridized carbons (Fsp3) is 0.235. The number of carbonyl (C=O) groups is 1. The zero-order valence-electron chi connectivity index (χ0n) is 13.0. The molecular weight excluding hydrogens is 299 g/mol. The Morgan fingerprint density at radius 1 is 1.17 bits per heavy atom. The van der Waals surface area contributed by atoms with E-state index in [0.717, 1.165) is 0 Å². The molecule has 0 aliphatic rings. The topological polar surface area (TPSA) is 59.6 Å². The van der Waals surface area contributed by atoms with Gasteiger partial charge in [0.05, 0.1) is 13.2 Å². The van der Waals surface area contributed by atoms with Gasteiger partial charge < -0.3 is 20.1 Å². The number of hydrogen-bond acceptors (Lipinski definition) is 3. The van der Waals surface area contributed by atoms with Gasteiger partial charge >= 0.3 is 6.03 Å². The van der Waals surface area contributed by atoms with E-state index in [9.17, 15) is 9.18 Å². The first-order valence-electron chi connectivity index (χ1n) is 7.09. The number of methoxy groups -OCH3 is 2. The van der Waals surface area contributed by atoms with Crippen molar-refractivity contribution in [1.82, 2.24) is 5.32 Å². The fourth-order valence-corrected chi connectivity index (χ4v) is 2.11. The van der Waals surface area contributed by atoms with Crippen LogP contribution in [0, 0.1) is 5.82 Å². The van der Waals surface area contributed by atoms with Crippen LogP contribution < -0.4 is 15.4 Å². The average molecular weight is 318 g/mol. The summed E-state index contributed by atoms with van der Waals surface area (Å²) in [4.78, 5) is 11.9. The SMILES string of the molecule is COc1cccc(NC(=O)NCC(OC)c2cccc(F)c2)c1. The van der Waals surface area contributed by atoms with Crippen LogP contribution >= 0.6 is 0 Å². The number of urea groups is 1. The third-order valence-electron chi connectivity index (χ3n) is 3.28. The summed E-state index contributed by atoms with van der Waals surface area (Å²) in [7, 11) is 3.07. The maximum Gasteiger partial charge on any atom is 0.319 e. The normalized spacial score (nSPS) is 11.6. The van der Waals surface area contributed by atoms with Crippen LogP contribution in [0.5, 0.6) is 5.75 Å². The summed E-state index contributed by atoms with van der Waals surface area (Å²) in [6.07, 6.45) is -0.429. The first-order valence-corrected chi connectivity index (χ1v) is 7.09. The Balaban J connectivity index is 1.92. The van der Waals surface area contributed by atoms with Gasteiger partial charge in [0.15, 0.2) is 0 Å². The lowest BCUT2D eigenvalue weighted by Crippen LogP contribution is -2.32. The number of amides is 2. The van der Waals surface area contributed by atoms with Crippen molar-refractivity contribution in [2.45, 2.75) is 6.10 Å². The Morgan fingerprint density at radius 3 is 2.65 bits per heavy atom. The van der Waals surface area contributed by atoms with E-state index in [-0.39, 0.29) is 18.4 Å². The molecule has 2 rings (SSSR count). The molecule has 5 nitrogen and oxygen atoms in total.